The number of nitrogens with one attached hydrogen (secondary N) is 1. The van der Waals surface area contributed by atoms with Gasteiger partial charge in [0.15, 0.2) is 5.82 Å². The summed E-state index contributed by atoms with van der Waals surface area (Å²) >= 11 is 0. The number of methoxy groups -OCH3 is 1. The third kappa shape index (κ3) is 4.02. The van der Waals surface area contributed by atoms with E-state index in [9.17, 15) is 9.59 Å². The van der Waals surface area contributed by atoms with E-state index in [0.717, 1.165) is 5.69 Å². The molecule has 1 aliphatic heterocycles. The summed E-state index contributed by atoms with van der Waals surface area (Å²) in [5, 5.41) is 6.52. The van der Waals surface area contributed by atoms with Crippen molar-refractivity contribution in [3.8, 4) is 5.75 Å². The number of piperazine rings is 1. The van der Waals surface area contributed by atoms with Gasteiger partial charge in [-0.25, -0.2) is 4.79 Å². The van der Waals surface area contributed by atoms with E-state index in [1.54, 1.807) is 25.0 Å². The summed E-state index contributed by atoms with van der Waals surface area (Å²) in [5.41, 5.74) is 0.754. The van der Waals surface area contributed by atoms with Crippen LogP contribution in [0.1, 0.15) is 25.6 Å². The third-order valence-electron chi connectivity index (χ3n) is 4.50. The van der Waals surface area contributed by atoms with Crippen LogP contribution in [0.3, 0.4) is 0 Å². The van der Waals surface area contributed by atoms with Crippen molar-refractivity contribution in [1.29, 1.82) is 0 Å². The van der Waals surface area contributed by atoms with Crippen LogP contribution in [-0.2, 0) is 17.8 Å². The number of ether oxygens (including phenoxy) is 1. The van der Waals surface area contributed by atoms with Crippen molar-refractivity contribution >= 4 is 17.6 Å². The van der Waals surface area contributed by atoms with Crippen molar-refractivity contribution in [2.45, 2.75) is 32.9 Å². The molecule has 1 saturated heterocycles. The Balaban J connectivity index is 1.62. The third-order valence-corrected chi connectivity index (χ3v) is 4.50. The fourth-order valence-corrected chi connectivity index (χ4v) is 2.94. The first kappa shape index (κ1) is 18.7. The van der Waals surface area contributed by atoms with Crippen LogP contribution in [0.4, 0.5) is 10.5 Å². The normalized spacial score (nSPS) is 17.1. The molecular formula is C18H23N5O4. The highest BCUT2D eigenvalue weighted by Gasteiger charge is 2.35. The molecule has 1 fully saturated rings. The monoisotopic (exact) mass is 373 g/mol. The number of urea groups is 1. The summed E-state index contributed by atoms with van der Waals surface area (Å²) in [6.45, 7) is 4.59. The molecule has 2 aromatic rings. The van der Waals surface area contributed by atoms with E-state index in [0.29, 0.717) is 37.0 Å². The predicted molar refractivity (Wildman–Crippen MR) is 97.4 cm³/mol. The quantitative estimate of drug-likeness (QED) is 0.854. The summed E-state index contributed by atoms with van der Waals surface area (Å²) in [6.07, 6.45) is 0.662. The number of hydrogen-bond donors (Lipinski definition) is 1. The van der Waals surface area contributed by atoms with Gasteiger partial charge >= 0.3 is 6.03 Å². The second-order valence-electron chi connectivity index (χ2n) is 6.18. The lowest BCUT2D eigenvalue weighted by Crippen LogP contribution is -2.59. The van der Waals surface area contributed by atoms with Gasteiger partial charge in [0.25, 0.3) is 0 Å². The summed E-state index contributed by atoms with van der Waals surface area (Å²) < 4.78 is 10.3. The van der Waals surface area contributed by atoms with Crippen molar-refractivity contribution in [2.24, 2.45) is 0 Å². The smallest absolute Gasteiger partial charge is 0.318 e. The molecule has 144 valence electrons. The largest absolute Gasteiger partial charge is 0.497 e. The number of benzene rings is 1. The minimum atomic E-state index is -0.584. The van der Waals surface area contributed by atoms with Crippen LogP contribution in [-0.4, -0.2) is 53.2 Å². The van der Waals surface area contributed by atoms with Gasteiger partial charge in [-0.05, 0) is 19.1 Å². The Morgan fingerprint density at radius 2 is 2.22 bits per heavy atom. The number of anilines is 1. The van der Waals surface area contributed by atoms with Gasteiger partial charge in [0.05, 0.1) is 13.7 Å². The van der Waals surface area contributed by atoms with Gasteiger partial charge in [-0.3, -0.25) is 4.79 Å². The number of carbonyl (C=O) groups is 2. The van der Waals surface area contributed by atoms with Gasteiger partial charge in [-0.15, -0.1) is 0 Å². The average molecular weight is 373 g/mol. The van der Waals surface area contributed by atoms with E-state index < -0.39 is 6.04 Å². The Morgan fingerprint density at radius 3 is 2.93 bits per heavy atom. The maximum atomic E-state index is 12.8. The minimum Gasteiger partial charge on any atom is -0.497 e. The molecule has 0 saturated carbocycles. The molecule has 1 aromatic carbocycles. The number of amides is 3. The highest BCUT2D eigenvalue weighted by atomic mass is 16.5. The Labute approximate surface area is 157 Å². The van der Waals surface area contributed by atoms with Gasteiger partial charge in [-0.2, -0.15) is 4.98 Å². The highest BCUT2D eigenvalue weighted by Crippen LogP contribution is 2.24. The molecule has 1 atom stereocenters. The molecule has 9 nitrogen and oxygen atoms in total. The van der Waals surface area contributed by atoms with E-state index in [1.807, 2.05) is 25.1 Å². The first-order valence-electron chi connectivity index (χ1n) is 8.84. The lowest BCUT2D eigenvalue weighted by molar-refractivity contribution is -0.124. The van der Waals surface area contributed by atoms with Crippen LogP contribution in [0.25, 0.3) is 0 Å². The van der Waals surface area contributed by atoms with Gasteiger partial charge < -0.3 is 24.4 Å². The van der Waals surface area contributed by atoms with E-state index >= 15 is 0 Å². The van der Waals surface area contributed by atoms with Crippen LogP contribution in [0.5, 0.6) is 5.75 Å². The van der Waals surface area contributed by atoms with Crippen molar-refractivity contribution in [3.63, 3.8) is 0 Å². The number of carbonyl (C=O) groups excluding carboxylic acids is 2. The van der Waals surface area contributed by atoms with Crippen molar-refractivity contribution in [3.05, 3.63) is 36.0 Å². The SMILES string of the molecule is CCc1noc(CNC(=O)N2CCN(c3cccc(OC)c3)C(=O)[C@H]2C)n1. The zero-order chi connectivity index (χ0) is 19.4. The van der Waals surface area contributed by atoms with E-state index in [-0.39, 0.29) is 18.5 Å². The Bertz CT molecular complexity index is 822. The van der Waals surface area contributed by atoms with E-state index in [4.69, 9.17) is 9.26 Å². The zero-order valence-corrected chi connectivity index (χ0v) is 15.6. The molecule has 9 heteroatoms. The van der Waals surface area contributed by atoms with Gasteiger partial charge in [-0.1, -0.05) is 18.1 Å². The van der Waals surface area contributed by atoms with Crippen LogP contribution in [0.2, 0.25) is 0 Å². The molecule has 0 unspecified atom stereocenters. The predicted octanol–water partition coefficient (Wildman–Crippen LogP) is 1.59. The van der Waals surface area contributed by atoms with Gasteiger partial charge in [0.2, 0.25) is 11.8 Å². The van der Waals surface area contributed by atoms with Gasteiger partial charge in [0.1, 0.15) is 11.8 Å². The summed E-state index contributed by atoms with van der Waals surface area (Å²) in [5.74, 6) is 1.47. The molecular weight excluding hydrogens is 350 g/mol. The standard InChI is InChI=1S/C18H23N5O4/c1-4-15-20-16(27-21-15)11-19-18(25)22-8-9-23(17(24)12(22)2)13-6-5-7-14(10-13)26-3/h5-7,10,12H,4,8-9,11H2,1-3H3,(H,19,25)/t12-/m1/s1. The second-order valence-corrected chi connectivity index (χ2v) is 6.18. The Kier molecular flexibility index (Phi) is 5.58. The molecule has 0 aliphatic carbocycles. The maximum absolute atomic E-state index is 12.8. The molecule has 3 amide bonds. The van der Waals surface area contributed by atoms with Crippen LogP contribution < -0.4 is 15.0 Å². The lowest BCUT2D eigenvalue weighted by atomic mass is 10.1. The number of rotatable bonds is 5. The molecule has 0 radical (unpaired) electrons. The van der Waals surface area contributed by atoms with Gasteiger partial charge in [0, 0.05) is 31.3 Å². The molecule has 3 rings (SSSR count). The number of aryl methyl sites for hydroxylation is 1. The zero-order valence-electron chi connectivity index (χ0n) is 15.6. The number of nitrogens with zero attached hydrogens (tertiary/aromatic N) is 4. The molecule has 0 bridgehead atoms. The van der Waals surface area contributed by atoms with Crippen LogP contribution in [0.15, 0.2) is 28.8 Å². The molecule has 27 heavy (non-hydrogen) atoms. The van der Waals surface area contributed by atoms with Crippen molar-refractivity contribution < 1.29 is 18.8 Å². The van der Waals surface area contributed by atoms with E-state index in [1.165, 1.54) is 4.90 Å². The summed E-state index contributed by atoms with van der Waals surface area (Å²) in [7, 11) is 1.58. The van der Waals surface area contributed by atoms with Crippen LogP contribution in [0, 0.1) is 0 Å². The van der Waals surface area contributed by atoms with E-state index in [2.05, 4.69) is 15.5 Å². The highest BCUT2D eigenvalue weighted by molar-refractivity contribution is 6.00. The van der Waals surface area contributed by atoms with Crippen LogP contribution >= 0.6 is 0 Å². The molecule has 1 aliphatic rings. The minimum absolute atomic E-state index is 0.128. The second kappa shape index (κ2) is 8.07. The lowest BCUT2D eigenvalue weighted by Gasteiger charge is -2.39. The average Bonchev–Trinajstić information content (AvgIpc) is 3.16. The van der Waals surface area contributed by atoms with Crippen molar-refractivity contribution in [2.75, 3.05) is 25.1 Å². The Hall–Kier alpha value is -3.10. The number of aromatic nitrogens is 2. The fraction of sp³-hybridized carbons (Fsp3) is 0.444. The van der Waals surface area contributed by atoms with Crippen molar-refractivity contribution in [1.82, 2.24) is 20.4 Å². The molecule has 0 spiro atoms. The summed E-state index contributed by atoms with van der Waals surface area (Å²) in [4.78, 5) is 32.6. The topological polar surface area (TPSA) is 101 Å². The molecule has 1 N–H and O–H groups in total. The first-order valence-corrected chi connectivity index (χ1v) is 8.84. The number of hydrogen-bond acceptors (Lipinski definition) is 6. The molecule has 1 aromatic heterocycles. The summed E-state index contributed by atoms with van der Waals surface area (Å²) in [6, 6.07) is 6.39. The first-order chi connectivity index (χ1) is 13.0. The maximum Gasteiger partial charge on any atom is 0.318 e. The fourth-order valence-electron chi connectivity index (χ4n) is 2.94. The Morgan fingerprint density at radius 1 is 1.41 bits per heavy atom. The molecule has 2 heterocycles.